The summed E-state index contributed by atoms with van der Waals surface area (Å²) in [7, 11) is -11.2. The van der Waals surface area contributed by atoms with E-state index in [9.17, 15) is 0 Å². The molecule has 0 aliphatic rings. The fourth-order valence-electron chi connectivity index (χ4n) is 3.84. The summed E-state index contributed by atoms with van der Waals surface area (Å²) in [6, 6.07) is 1.18. The molecule has 0 aliphatic heterocycles. The highest BCUT2D eigenvalue weighted by Crippen LogP contribution is 2.40. The van der Waals surface area contributed by atoms with Crippen LogP contribution in [0.2, 0.25) is 69.5 Å². The highest BCUT2D eigenvalue weighted by atomic mass is 35.6. The number of rotatable bonds is 13. The summed E-state index contributed by atoms with van der Waals surface area (Å²) in [5.41, 5.74) is 0.657. The Morgan fingerprint density at radius 3 is 1.36 bits per heavy atom. The lowest BCUT2D eigenvalue weighted by atomic mass is 10.4. The maximum Gasteiger partial charge on any atom is 0.314 e. The maximum atomic E-state index is 7.03. The van der Waals surface area contributed by atoms with E-state index < -0.39 is 41.6 Å². The number of unbranched alkanes of at least 4 members (excludes halogenated alkanes) is 1. The lowest BCUT2D eigenvalue weighted by molar-refractivity contribution is 0.296. The van der Waals surface area contributed by atoms with E-state index in [1.165, 1.54) is 18.9 Å². The van der Waals surface area contributed by atoms with Gasteiger partial charge in [-0.3, -0.25) is 0 Å². The van der Waals surface area contributed by atoms with Gasteiger partial charge in [0.05, 0.1) is 0 Å². The summed E-state index contributed by atoms with van der Waals surface area (Å²) in [5, 5.41) is 0. The molecule has 0 fully saturated rings. The van der Waals surface area contributed by atoms with Crippen molar-refractivity contribution in [2.45, 2.75) is 117 Å². The third-order valence-electron chi connectivity index (χ3n) is 4.61. The van der Waals surface area contributed by atoms with Crippen molar-refractivity contribution >= 4 is 52.7 Å². The lowest BCUT2D eigenvalue weighted by Crippen LogP contribution is -2.59. The van der Waals surface area contributed by atoms with E-state index in [-0.39, 0.29) is 0 Å². The number of halogens is 1. The van der Waals surface area contributed by atoms with Gasteiger partial charge in [0.2, 0.25) is 0 Å². The lowest BCUT2D eigenvalue weighted by Gasteiger charge is -2.44. The Morgan fingerprint density at radius 1 is 0.643 bits per heavy atom. The first kappa shape index (κ1) is 29.2. The van der Waals surface area contributed by atoms with Crippen molar-refractivity contribution < 1.29 is 16.5 Å². The summed E-state index contributed by atoms with van der Waals surface area (Å²) >= 11 is 7.03. The van der Waals surface area contributed by atoms with E-state index in [2.05, 4.69) is 87.0 Å². The van der Waals surface area contributed by atoms with Gasteiger partial charge >= 0.3 is 25.7 Å². The zero-order valence-corrected chi connectivity index (χ0v) is 26.5. The maximum absolute atomic E-state index is 7.03. The minimum atomic E-state index is -2.43. The summed E-state index contributed by atoms with van der Waals surface area (Å²) in [4.78, 5) is 0. The molecule has 170 valence electrons. The Balaban J connectivity index is 5.19. The number of hydrogen-bond acceptors (Lipinski definition) is 4. The summed E-state index contributed by atoms with van der Waals surface area (Å²) in [5.74, 6) is 0. The molecular weight excluding hydrogens is 456 g/mol. The van der Waals surface area contributed by atoms with Crippen molar-refractivity contribution in [2.24, 2.45) is 0 Å². The van der Waals surface area contributed by atoms with E-state index in [0.717, 1.165) is 0 Å². The van der Waals surface area contributed by atoms with E-state index in [1.54, 1.807) is 0 Å². The number of hydrogen-bond donors (Lipinski definition) is 0. The Hall–Kier alpha value is 1.21. The molecule has 0 heterocycles. The van der Waals surface area contributed by atoms with Gasteiger partial charge in [-0.1, -0.05) is 47.5 Å². The highest BCUT2D eigenvalue weighted by molar-refractivity contribution is 7.20. The first-order valence-electron chi connectivity index (χ1n) is 10.8. The van der Waals surface area contributed by atoms with Crippen LogP contribution in [0.1, 0.15) is 47.5 Å². The molecule has 0 aromatic heterocycles. The molecule has 0 radical (unpaired) electrons. The molecule has 0 saturated carbocycles. The van der Waals surface area contributed by atoms with Gasteiger partial charge < -0.3 is 16.5 Å². The van der Waals surface area contributed by atoms with Crippen molar-refractivity contribution in [3.05, 3.63) is 0 Å². The predicted molar refractivity (Wildman–Crippen MR) is 136 cm³/mol. The summed E-state index contributed by atoms with van der Waals surface area (Å²) < 4.78 is 26.4. The fraction of sp³-hybridized carbons (Fsp3) is 1.00. The second-order valence-corrected chi connectivity index (χ2v) is 31.6. The third-order valence-corrected chi connectivity index (χ3v) is 27.9. The Morgan fingerprint density at radius 2 is 1.00 bits per heavy atom. The van der Waals surface area contributed by atoms with Crippen LogP contribution < -0.4 is 0 Å². The monoisotopic (exact) mass is 502 g/mol. The zero-order valence-electron chi connectivity index (χ0n) is 20.8. The van der Waals surface area contributed by atoms with Gasteiger partial charge in [-0.2, -0.15) is 0 Å². The van der Waals surface area contributed by atoms with E-state index >= 15 is 0 Å². The molecule has 0 aliphatic carbocycles. The standard InChI is InChI=1S/C18H47ClO4Si5/c1-14-15-16-24(6,7)20-25(8,9)21-26(10,11)22-27(12,13)23-28(19,17(2)3)18(4)5/h17-18H,14-16H2,1-13H3. The van der Waals surface area contributed by atoms with Gasteiger partial charge in [-0.15, -0.1) is 11.1 Å². The van der Waals surface area contributed by atoms with Crippen LogP contribution >= 0.6 is 11.1 Å². The van der Waals surface area contributed by atoms with Crippen LogP contribution in [0.3, 0.4) is 0 Å². The van der Waals surface area contributed by atoms with E-state index in [1.807, 2.05) is 0 Å². The summed E-state index contributed by atoms with van der Waals surface area (Å²) in [6.45, 7) is 28.2. The van der Waals surface area contributed by atoms with E-state index in [4.69, 9.17) is 27.5 Å². The SMILES string of the molecule is CCCC[Si](C)(C)O[Si](C)(C)O[Si](C)(C)O[Si](C)(C)O[Si](Cl)(C(C)C)C(C)C. The molecule has 0 atom stereocenters. The summed E-state index contributed by atoms with van der Waals surface area (Å²) in [6.07, 6.45) is 2.43. The van der Waals surface area contributed by atoms with Crippen molar-refractivity contribution in [1.82, 2.24) is 0 Å². The molecule has 28 heavy (non-hydrogen) atoms. The first-order valence-corrected chi connectivity index (χ1v) is 25.4. The molecule has 0 N–H and O–H groups in total. The first-order chi connectivity index (χ1) is 12.3. The molecule has 0 amide bonds. The average molecular weight is 503 g/mol. The smallest absolute Gasteiger partial charge is 0.314 e. The van der Waals surface area contributed by atoms with Crippen LogP contribution in [0.25, 0.3) is 0 Å². The topological polar surface area (TPSA) is 36.9 Å². The highest BCUT2D eigenvalue weighted by Gasteiger charge is 2.49. The third kappa shape index (κ3) is 10.5. The quantitative estimate of drug-likeness (QED) is 0.191. The molecule has 0 spiro atoms. The Labute approximate surface area is 185 Å². The molecule has 0 aromatic carbocycles. The molecule has 0 bridgehead atoms. The molecule has 4 nitrogen and oxygen atoms in total. The fourth-order valence-corrected chi connectivity index (χ4v) is 29.8. The van der Waals surface area contributed by atoms with Crippen LogP contribution in [0.15, 0.2) is 0 Å². The molecule has 0 aromatic rings. The Kier molecular flexibility index (Phi) is 11.2. The predicted octanol–water partition coefficient (Wildman–Crippen LogP) is 7.66. The van der Waals surface area contributed by atoms with Gasteiger partial charge in [0, 0.05) is 0 Å². The van der Waals surface area contributed by atoms with Crippen LogP contribution in [0, 0.1) is 0 Å². The van der Waals surface area contributed by atoms with Crippen LogP contribution in [0.4, 0.5) is 0 Å². The molecule has 10 heteroatoms. The second-order valence-electron chi connectivity index (χ2n) is 10.5. The van der Waals surface area contributed by atoms with Crippen molar-refractivity contribution in [3.8, 4) is 0 Å². The van der Waals surface area contributed by atoms with Crippen molar-refractivity contribution in [1.29, 1.82) is 0 Å². The van der Waals surface area contributed by atoms with Crippen molar-refractivity contribution in [3.63, 3.8) is 0 Å². The second kappa shape index (κ2) is 10.7. The van der Waals surface area contributed by atoms with Gasteiger partial charge in [-0.05, 0) is 69.5 Å². The molecule has 0 unspecified atom stereocenters. The minimum Gasteiger partial charge on any atom is -0.436 e. The van der Waals surface area contributed by atoms with Gasteiger partial charge in [0.25, 0.3) is 7.63 Å². The molecule has 0 rings (SSSR count). The van der Waals surface area contributed by atoms with E-state index in [0.29, 0.717) is 11.1 Å². The van der Waals surface area contributed by atoms with Gasteiger partial charge in [0.15, 0.2) is 8.32 Å². The zero-order chi connectivity index (χ0) is 22.6. The van der Waals surface area contributed by atoms with Crippen LogP contribution in [-0.2, 0) is 16.5 Å². The largest absolute Gasteiger partial charge is 0.436 e. The van der Waals surface area contributed by atoms with Crippen LogP contribution in [0.5, 0.6) is 0 Å². The van der Waals surface area contributed by atoms with Crippen LogP contribution in [-0.4, -0.2) is 41.6 Å². The molecular formula is C18H47ClO4Si5. The molecule has 0 saturated heterocycles. The van der Waals surface area contributed by atoms with Gasteiger partial charge in [-0.25, -0.2) is 0 Å². The van der Waals surface area contributed by atoms with Gasteiger partial charge in [0.1, 0.15) is 0 Å². The average Bonchev–Trinajstić information content (AvgIpc) is 2.39. The Bertz CT molecular complexity index is 477. The minimum absolute atomic E-state index is 0.328. The normalized spacial score (nSPS) is 15.0. The van der Waals surface area contributed by atoms with Crippen molar-refractivity contribution in [2.75, 3.05) is 0 Å².